The number of nitrogens with two attached hydrogens (primary N) is 1. The van der Waals surface area contributed by atoms with E-state index in [-0.39, 0.29) is 5.84 Å². The Balaban J connectivity index is 1.73. The normalized spacial score (nSPS) is 11.6. The smallest absolute Gasteiger partial charge is 0.365 e. The van der Waals surface area contributed by atoms with Crippen LogP contribution in [0.25, 0.3) is 0 Å². The third-order valence-electron chi connectivity index (χ3n) is 3.79. The molecule has 2 N–H and O–H groups in total. The summed E-state index contributed by atoms with van der Waals surface area (Å²) in [5, 5.41) is 10.1. The van der Waals surface area contributed by atoms with Crippen LogP contribution in [0.5, 0.6) is 0 Å². The van der Waals surface area contributed by atoms with Gasteiger partial charge < -0.3 is 10.6 Å². The van der Waals surface area contributed by atoms with Crippen molar-refractivity contribution in [3.63, 3.8) is 0 Å². The van der Waals surface area contributed by atoms with Crippen molar-refractivity contribution in [1.29, 1.82) is 0 Å². The van der Waals surface area contributed by atoms with Crippen LogP contribution in [0, 0.1) is 13.8 Å². The average molecular weight is 433 g/mol. The summed E-state index contributed by atoms with van der Waals surface area (Å²) in [5.41, 5.74) is 9.10. The number of carbonyl (C=O) groups excluding carboxylic acids is 1. The van der Waals surface area contributed by atoms with E-state index in [1.54, 1.807) is 18.2 Å². The monoisotopic (exact) mass is 432 g/mol. The lowest BCUT2D eigenvalue weighted by molar-refractivity contribution is 0.0516. The van der Waals surface area contributed by atoms with Crippen LogP contribution in [-0.4, -0.2) is 21.6 Å². The number of amidine groups is 1. The topological polar surface area (TPSA) is 82.5 Å². The van der Waals surface area contributed by atoms with Crippen molar-refractivity contribution in [3.8, 4) is 0 Å². The first kappa shape index (κ1) is 18.3. The van der Waals surface area contributed by atoms with Crippen molar-refractivity contribution in [2.45, 2.75) is 20.4 Å². The molecule has 0 atom stereocenters. The van der Waals surface area contributed by atoms with Crippen molar-refractivity contribution in [1.82, 2.24) is 9.78 Å². The van der Waals surface area contributed by atoms with E-state index in [4.69, 9.17) is 10.6 Å². The molecule has 0 unspecified atom stereocenters. The number of hydrogen-bond donors (Lipinski definition) is 1. The molecule has 2 aromatic heterocycles. The molecule has 0 fully saturated rings. The van der Waals surface area contributed by atoms with Crippen LogP contribution in [0.3, 0.4) is 0 Å². The third-order valence-corrected chi connectivity index (χ3v) is 5.83. The van der Waals surface area contributed by atoms with E-state index >= 15 is 0 Å². The molecule has 134 valence electrons. The van der Waals surface area contributed by atoms with Crippen molar-refractivity contribution in [3.05, 3.63) is 73.6 Å². The minimum atomic E-state index is -0.555. The zero-order chi connectivity index (χ0) is 18.7. The largest absolute Gasteiger partial charge is 0.380 e. The van der Waals surface area contributed by atoms with Gasteiger partial charge in [0.15, 0.2) is 5.84 Å². The van der Waals surface area contributed by atoms with Gasteiger partial charge in [0.25, 0.3) is 0 Å². The van der Waals surface area contributed by atoms with Gasteiger partial charge in [0.05, 0.1) is 32.8 Å². The molecule has 3 aromatic rings. The second-order valence-electron chi connectivity index (χ2n) is 5.68. The van der Waals surface area contributed by atoms with E-state index in [0.717, 1.165) is 26.3 Å². The van der Waals surface area contributed by atoms with Gasteiger partial charge >= 0.3 is 5.97 Å². The van der Waals surface area contributed by atoms with Crippen molar-refractivity contribution >= 4 is 39.1 Å². The highest BCUT2D eigenvalue weighted by molar-refractivity contribution is 9.10. The first-order chi connectivity index (χ1) is 12.5. The molecule has 0 amide bonds. The van der Waals surface area contributed by atoms with Gasteiger partial charge in [-0.1, -0.05) is 23.4 Å². The molecule has 6 nitrogen and oxygen atoms in total. The number of carbonyl (C=O) groups is 1. The Morgan fingerprint density at radius 1 is 1.35 bits per heavy atom. The van der Waals surface area contributed by atoms with Gasteiger partial charge in [0.1, 0.15) is 0 Å². The first-order valence-corrected chi connectivity index (χ1v) is 9.50. The number of thiophene rings is 1. The van der Waals surface area contributed by atoms with Crippen LogP contribution < -0.4 is 5.73 Å². The standard InChI is InChI=1S/C18H17BrN4O2S/c1-11-16(19)12(2)23(21-11)10-13-5-3-6-14(9-13)18(24)25-22-17(20)15-7-4-8-26-15/h3-9H,10H2,1-2H3,(H2,20,22). The Labute approximate surface area is 163 Å². The number of benzene rings is 1. The zero-order valence-electron chi connectivity index (χ0n) is 14.3. The minimum absolute atomic E-state index is 0.178. The van der Waals surface area contributed by atoms with E-state index in [0.29, 0.717) is 12.1 Å². The molecule has 0 aliphatic rings. The molecule has 1 aromatic carbocycles. The summed E-state index contributed by atoms with van der Waals surface area (Å²) < 4.78 is 2.88. The number of aromatic nitrogens is 2. The van der Waals surface area contributed by atoms with Gasteiger partial charge in [0, 0.05) is 0 Å². The SMILES string of the molecule is Cc1nn(Cc2cccc(C(=O)O/N=C(\N)c3cccs3)c2)c(C)c1Br. The van der Waals surface area contributed by atoms with Crippen LogP contribution >= 0.6 is 27.3 Å². The number of halogens is 1. The van der Waals surface area contributed by atoms with Gasteiger partial charge in [-0.25, -0.2) is 4.79 Å². The lowest BCUT2D eigenvalue weighted by Gasteiger charge is -2.06. The van der Waals surface area contributed by atoms with Crippen LogP contribution in [0.15, 0.2) is 51.4 Å². The van der Waals surface area contributed by atoms with Crippen LogP contribution in [0.1, 0.15) is 32.2 Å². The predicted octanol–water partition coefficient (Wildman–Crippen LogP) is 3.85. The lowest BCUT2D eigenvalue weighted by Crippen LogP contribution is -2.14. The number of rotatable bonds is 5. The van der Waals surface area contributed by atoms with Crippen molar-refractivity contribution in [2.75, 3.05) is 0 Å². The summed E-state index contributed by atoms with van der Waals surface area (Å²) in [6.45, 7) is 4.49. The Morgan fingerprint density at radius 2 is 2.15 bits per heavy atom. The van der Waals surface area contributed by atoms with E-state index in [1.165, 1.54) is 11.3 Å². The Bertz CT molecular complexity index is 964. The van der Waals surface area contributed by atoms with Crippen molar-refractivity contribution in [2.24, 2.45) is 10.9 Å². The van der Waals surface area contributed by atoms with Gasteiger partial charge in [-0.15, -0.1) is 11.3 Å². The highest BCUT2D eigenvalue weighted by atomic mass is 79.9. The minimum Gasteiger partial charge on any atom is -0.380 e. The van der Waals surface area contributed by atoms with E-state index in [2.05, 4.69) is 26.2 Å². The van der Waals surface area contributed by atoms with Crippen LogP contribution in [-0.2, 0) is 11.4 Å². The summed E-state index contributed by atoms with van der Waals surface area (Å²) in [7, 11) is 0. The third kappa shape index (κ3) is 4.03. The highest BCUT2D eigenvalue weighted by Gasteiger charge is 2.12. The number of hydrogen-bond acceptors (Lipinski definition) is 5. The molecular weight excluding hydrogens is 416 g/mol. The molecule has 0 aliphatic heterocycles. The molecule has 0 spiro atoms. The maximum atomic E-state index is 12.2. The fourth-order valence-corrected chi connectivity index (χ4v) is 3.31. The summed E-state index contributed by atoms with van der Waals surface area (Å²) in [4.78, 5) is 18.0. The lowest BCUT2D eigenvalue weighted by atomic mass is 10.1. The molecule has 0 saturated heterocycles. The Hall–Kier alpha value is -2.45. The summed E-state index contributed by atoms with van der Waals surface area (Å²) in [5.74, 6) is -0.377. The van der Waals surface area contributed by atoms with Gasteiger partial charge in [-0.2, -0.15) is 5.10 Å². The predicted molar refractivity (Wildman–Crippen MR) is 105 cm³/mol. The molecule has 3 rings (SSSR count). The molecule has 2 heterocycles. The summed E-state index contributed by atoms with van der Waals surface area (Å²) >= 11 is 4.94. The van der Waals surface area contributed by atoms with E-state index in [1.807, 2.05) is 42.1 Å². The van der Waals surface area contributed by atoms with Gasteiger partial charge in [0.2, 0.25) is 0 Å². The molecule has 0 radical (unpaired) electrons. The highest BCUT2D eigenvalue weighted by Crippen LogP contribution is 2.21. The molecule has 26 heavy (non-hydrogen) atoms. The molecule has 8 heteroatoms. The number of nitrogens with zero attached hydrogens (tertiary/aromatic N) is 3. The van der Waals surface area contributed by atoms with Crippen LogP contribution in [0.2, 0.25) is 0 Å². The number of aryl methyl sites for hydroxylation is 1. The van der Waals surface area contributed by atoms with Gasteiger partial charge in [-0.05, 0) is 58.9 Å². The Morgan fingerprint density at radius 3 is 2.81 bits per heavy atom. The van der Waals surface area contributed by atoms with Crippen molar-refractivity contribution < 1.29 is 9.63 Å². The molecule has 0 bridgehead atoms. The van der Waals surface area contributed by atoms with E-state index in [9.17, 15) is 4.79 Å². The average Bonchev–Trinajstić information content (AvgIpc) is 3.25. The summed E-state index contributed by atoms with van der Waals surface area (Å²) in [6, 6.07) is 10.8. The second-order valence-corrected chi connectivity index (χ2v) is 7.42. The molecule has 0 aliphatic carbocycles. The molecule has 0 saturated carbocycles. The zero-order valence-corrected chi connectivity index (χ0v) is 16.7. The second kappa shape index (κ2) is 7.84. The van der Waals surface area contributed by atoms with Crippen LogP contribution in [0.4, 0.5) is 0 Å². The number of oxime groups is 1. The quantitative estimate of drug-likeness (QED) is 0.287. The Kier molecular flexibility index (Phi) is 5.53. The first-order valence-electron chi connectivity index (χ1n) is 7.83. The maximum Gasteiger partial charge on any atom is 0.365 e. The van der Waals surface area contributed by atoms with Gasteiger partial charge in [-0.3, -0.25) is 4.68 Å². The molecular formula is C18H17BrN4O2S. The fourth-order valence-electron chi connectivity index (χ4n) is 2.41. The fraction of sp³-hybridized carbons (Fsp3) is 0.167. The maximum absolute atomic E-state index is 12.2. The van der Waals surface area contributed by atoms with E-state index < -0.39 is 5.97 Å². The summed E-state index contributed by atoms with van der Waals surface area (Å²) in [6.07, 6.45) is 0.